The van der Waals surface area contributed by atoms with Gasteiger partial charge in [-0.2, -0.15) is 5.10 Å². The van der Waals surface area contributed by atoms with Gasteiger partial charge in [-0.25, -0.2) is 4.68 Å². The van der Waals surface area contributed by atoms with Gasteiger partial charge in [0.25, 0.3) is 0 Å². The maximum atomic E-state index is 12.9. The van der Waals surface area contributed by atoms with Crippen molar-refractivity contribution in [1.29, 1.82) is 0 Å². The highest BCUT2D eigenvalue weighted by Gasteiger charge is 2.26. The van der Waals surface area contributed by atoms with Crippen LogP contribution >= 0.6 is 0 Å². The molecule has 2 aliphatic rings. The molecule has 29 heavy (non-hydrogen) atoms. The zero-order chi connectivity index (χ0) is 20.1. The predicted molar refractivity (Wildman–Crippen MR) is 114 cm³/mol. The van der Waals surface area contributed by atoms with Gasteiger partial charge < -0.3 is 10.1 Å². The van der Waals surface area contributed by atoms with Crippen LogP contribution in [-0.4, -0.2) is 40.8 Å². The Hall–Kier alpha value is -2.34. The summed E-state index contributed by atoms with van der Waals surface area (Å²) in [7, 11) is 1.69. The van der Waals surface area contributed by atoms with E-state index >= 15 is 0 Å². The maximum Gasteiger partial charge on any atom is 0.239 e. The second-order valence-corrected chi connectivity index (χ2v) is 8.26. The molecule has 1 aromatic carbocycles. The lowest BCUT2D eigenvalue weighted by Crippen LogP contribution is -2.36. The highest BCUT2D eigenvalue weighted by Crippen LogP contribution is 2.32. The van der Waals surface area contributed by atoms with Gasteiger partial charge >= 0.3 is 0 Å². The first kappa shape index (κ1) is 20.0. The Morgan fingerprint density at radius 2 is 1.83 bits per heavy atom. The molecule has 1 aliphatic heterocycles. The number of hydrogen-bond acceptors (Lipinski definition) is 4. The van der Waals surface area contributed by atoms with Crippen LogP contribution in [0, 0.1) is 0 Å². The number of ether oxygens (including phenoxy) is 1. The van der Waals surface area contributed by atoms with E-state index in [0.29, 0.717) is 12.6 Å². The van der Waals surface area contributed by atoms with Crippen molar-refractivity contribution in [1.82, 2.24) is 14.7 Å². The average Bonchev–Trinajstić information content (AvgIpc) is 3.37. The van der Waals surface area contributed by atoms with E-state index in [0.717, 1.165) is 43.8 Å². The van der Waals surface area contributed by atoms with E-state index in [1.54, 1.807) is 13.3 Å². The van der Waals surface area contributed by atoms with E-state index in [-0.39, 0.29) is 11.9 Å². The number of carbonyl (C=O) groups is 1. The van der Waals surface area contributed by atoms with E-state index in [1.165, 1.54) is 31.2 Å². The molecule has 0 bridgehead atoms. The highest BCUT2D eigenvalue weighted by atomic mass is 16.5. The SMILES string of the molecule is COc1ccc([C@H]2CCCCCN2CC(=O)Nc2ccnn2C2CCCC2)cc1. The third-order valence-corrected chi connectivity index (χ3v) is 6.32. The molecule has 1 saturated heterocycles. The van der Waals surface area contributed by atoms with Crippen LogP contribution in [0.1, 0.15) is 69.0 Å². The van der Waals surface area contributed by atoms with Crippen molar-refractivity contribution in [3.05, 3.63) is 42.1 Å². The van der Waals surface area contributed by atoms with Crippen molar-refractivity contribution in [2.75, 3.05) is 25.5 Å². The zero-order valence-electron chi connectivity index (χ0n) is 17.3. The molecule has 0 spiro atoms. The molecule has 2 fully saturated rings. The molecule has 0 radical (unpaired) electrons. The summed E-state index contributed by atoms with van der Waals surface area (Å²) in [5, 5.41) is 7.59. The minimum atomic E-state index is 0.0464. The highest BCUT2D eigenvalue weighted by molar-refractivity contribution is 5.91. The van der Waals surface area contributed by atoms with Gasteiger partial charge in [0, 0.05) is 12.1 Å². The van der Waals surface area contributed by atoms with Crippen LogP contribution in [0.25, 0.3) is 0 Å². The minimum Gasteiger partial charge on any atom is -0.497 e. The first-order valence-electron chi connectivity index (χ1n) is 11.0. The second-order valence-electron chi connectivity index (χ2n) is 8.26. The molecule has 1 N–H and O–H groups in total. The van der Waals surface area contributed by atoms with Gasteiger partial charge in [-0.05, 0) is 49.9 Å². The first-order valence-corrected chi connectivity index (χ1v) is 11.0. The number of nitrogens with zero attached hydrogens (tertiary/aromatic N) is 3. The Bertz CT molecular complexity index is 795. The van der Waals surface area contributed by atoms with Crippen molar-refractivity contribution in [2.45, 2.75) is 63.5 Å². The molecular weight excluding hydrogens is 364 g/mol. The molecule has 1 aliphatic carbocycles. The van der Waals surface area contributed by atoms with Crippen LogP contribution in [0.15, 0.2) is 36.5 Å². The smallest absolute Gasteiger partial charge is 0.239 e. The van der Waals surface area contributed by atoms with Crippen LogP contribution in [0.5, 0.6) is 5.75 Å². The number of hydrogen-bond donors (Lipinski definition) is 1. The van der Waals surface area contributed by atoms with E-state index in [9.17, 15) is 4.79 Å². The quantitative estimate of drug-likeness (QED) is 0.777. The molecule has 1 aromatic heterocycles. The topological polar surface area (TPSA) is 59.4 Å². The fourth-order valence-corrected chi connectivity index (χ4v) is 4.78. The molecule has 0 unspecified atom stereocenters. The third kappa shape index (κ3) is 4.81. The fourth-order valence-electron chi connectivity index (χ4n) is 4.78. The summed E-state index contributed by atoms with van der Waals surface area (Å²) >= 11 is 0. The molecule has 6 nitrogen and oxygen atoms in total. The predicted octanol–water partition coefficient (Wildman–Crippen LogP) is 4.56. The standard InChI is InChI=1S/C23H32N4O2/c1-29-20-12-10-18(11-13-20)21-9-3-2-6-16-26(21)17-23(28)25-22-14-15-24-27(22)19-7-4-5-8-19/h10-15,19,21H,2-9,16-17H2,1H3,(H,25,28)/t21-/m1/s1. The van der Waals surface area contributed by atoms with Gasteiger partial charge in [0.2, 0.25) is 5.91 Å². The van der Waals surface area contributed by atoms with Crippen LogP contribution < -0.4 is 10.1 Å². The Kier molecular flexibility index (Phi) is 6.49. The zero-order valence-corrected chi connectivity index (χ0v) is 17.3. The fraction of sp³-hybridized carbons (Fsp3) is 0.565. The summed E-state index contributed by atoms with van der Waals surface area (Å²) in [6.07, 6.45) is 11.2. The number of methoxy groups -OCH3 is 1. The van der Waals surface area contributed by atoms with Crippen LogP contribution in [-0.2, 0) is 4.79 Å². The lowest BCUT2D eigenvalue weighted by molar-refractivity contribution is -0.117. The van der Waals surface area contributed by atoms with Crippen molar-refractivity contribution in [2.24, 2.45) is 0 Å². The van der Waals surface area contributed by atoms with Gasteiger partial charge in [-0.15, -0.1) is 0 Å². The van der Waals surface area contributed by atoms with Gasteiger partial charge in [0.1, 0.15) is 11.6 Å². The summed E-state index contributed by atoms with van der Waals surface area (Å²) in [5.74, 6) is 1.75. The molecule has 156 valence electrons. The number of carbonyl (C=O) groups excluding carboxylic acids is 1. The second kappa shape index (κ2) is 9.44. The minimum absolute atomic E-state index is 0.0464. The molecule has 1 atom stereocenters. The summed E-state index contributed by atoms with van der Waals surface area (Å²) in [5.41, 5.74) is 1.26. The monoisotopic (exact) mass is 396 g/mol. The Morgan fingerprint density at radius 3 is 2.59 bits per heavy atom. The van der Waals surface area contributed by atoms with E-state index in [2.05, 4.69) is 27.4 Å². The molecule has 4 rings (SSSR count). The van der Waals surface area contributed by atoms with Gasteiger partial charge in [0.05, 0.1) is 25.9 Å². The van der Waals surface area contributed by atoms with Gasteiger partial charge in [-0.1, -0.05) is 37.8 Å². The molecular formula is C23H32N4O2. The number of rotatable bonds is 6. The number of likely N-dealkylation sites (tertiary alicyclic amines) is 1. The number of amides is 1. The Balaban J connectivity index is 1.44. The van der Waals surface area contributed by atoms with E-state index < -0.39 is 0 Å². The van der Waals surface area contributed by atoms with Crippen molar-refractivity contribution in [3.8, 4) is 5.75 Å². The normalized spacial score (nSPS) is 21.1. The van der Waals surface area contributed by atoms with Gasteiger partial charge in [-0.3, -0.25) is 9.69 Å². The Morgan fingerprint density at radius 1 is 1.07 bits per heavy atom. The van der Waals surface area contributed by atoms with E-state index in [1.807, 2.05) is 22.9 Å². The lowest BCUT2D eigenvalue weighted by Gasteiger charge is -2.30. The first-order chi connectivity index (χ1) is 14.2. The van der Waals surface area contributed by atoms with E-state index in [4.69, 9.17) is 4.74 Å². The third-order valence-electron chi connectivity index (χ3n) is 6.32. The molecule has 1 saturated carbocycles. The van der Waals surface area contributed by atoms with Crippen molar-refractivity contribution >= 4 is 11.7 Å². The number of anilines is 1. The summed E-state index contributed by atoms with van der Waals surface area (Å²) in [6.45, 7) is 1.36. The summed E-state index contributed by atoms with van der Waals surface area (Å²) < 4.78 is 7.31. The summed E-state index contributed by atoms with van der Waals surface area (Å²) in [6, 6.07) is 10.9. The Labute approximate surface area is 173 Å². The van der Waals surface area contributed by atoms with Crippen molar-refractivity contribution in [3.63, 3.8) is 0 Å². The molecule has 2 heterocycles. The number of benzene rings is 1. The van der Waals surface area contributed by atoms with Crippen molar-refractivity contribution < 1.29 is 9.53 Å². The van der Waals surface area contributed by atoms with Crippen LogP contribution in [0.2, 0.25) is 0 Å². The van der Waals surface area contributed by atoms with Gasteiger partial charge in [0.15, 0.2) is 0 Å². The van der Waals surface area contributed by atoms with Crippen LogP contribution in [0.4, 0.5) is 5.82 Å². The molecule has 6 heteroatoms. The number of aromatic nitrogens is 2. The molecule has 2 aromatic rings. The lowest BCUT2D eigenvalue weighted by atomic mass is 10.0. The largest absolute Gasteiger partial charge is 0.497 e. The maximum absolute atomic E-state index is 12.9. The number of nitrogens with one attached hydrogen (secondary N) is 1. The van der Waals surface area contributed by atoms with Crippen LogP contribution in [0.3, 0.4) is 0 Å². The average molecular weight is 397 g/mol. The summed E-state index contributed by atoms with van der Waals surface area (Å²) in [4.78, 5) is 15.3. The molecule has 1 amide bonds.